The minimum absolute atomic E-state index is 0.124. The summed E-state index contributed by atoms with van der Waals surface area (Å²) in [7, 11) is 1.52. The Hall–Kier alpha value is -1.63. The molecule has 0 bridgehead atoms. The second kappa shape index (κ2) is 7.84. The lowest BCUT2D eigenvalue weighted by Gasteiger charge is -2.22. The van der Waals surface area contributed by atoms with Crippen molar-refractivity contribution in [2.45, 2.75) is 38.7 Å². The molecule has 7 heteroatoms. The lowest BCUT2D eigenvalue weighted by molar-refractivity contribution is -0.0130. The topological polar surface area (TPSA) is 78.4 Å². The fourth-order valence-corrected chi connectivity index (χ4v) is 1.92. The molecule has 1 saturated heterocycles. The van der Waals surface area contributed by atoms with E-state index in [-0.39, 0.29) is 18.1 Å². The third-order valence-corrected chi connectivity index (χ3v) is 2.98. The van der Waals surface area contributed by atoms with Gasteiger partial charge in [0.05, 0.1) is 13.2 Å². The van der Waals surface area contributed by atoms with Crippen LogP contribution in [-0.4, -0.2) is 47.9 Å². The fourth-order valence-electron chi connectivity index (χ4n) is 1.92. The minimum Gasteiger partial charge on any atom is -0.467 e. The Morgan fingerprint density at radius 3 is 2.80 bits per heavy atom. The monoisotopic (exact) mass is 282 g/mol. The average molecular weight is 282 g/mol. The molecule has 1 aliphatic heterocycles. The summed E-state index contributed by atoms with van der Waals surface area (Å²) in [6, 6.07) is 0.516. The highest BCUT2D eigenvalue weighted by Crippen LogP contribution is 2.16. The highest BCUT2D eigenvalue weighted by molar-refractivity contribution is 5.27. The number of methoxy groups -OCH3 is 1. The largest absolute Gasteiger partial charge is 0.467 e. The predicted molar refractivity (Wildman–Crippen MR) is 74.2 cm³/mol. The van der Waals surface area contributed by atoms with Crippen molar-refractivity contribution in [2.24, 2.45) is 0 Å². The number of hydrogen-bond donors (Lipinski definition) is 1. The van der Waals surface area contributed by atoms with Crippen LogP contribution in [0.4, 0.5) is 5.95 Å². The Bertz CT molecular complexity index is 411. The third kappa shape index (κ3) is 4.48. The molecule has 0 aromatic carbocycles. The fraction of sp³-hybridized carbons (Fsp3) is 0.769. The van der Waals surface area contributed by atoms with Gasteiger partial charge in [-0.1, -0.05) is 6.92 Å². The SMILES string of the molecule is CCCNc1nc(OC)nc(OCC2CCCCO2)n1. The van der Waals surface area contributed by atoms with E-state index in [2.05, 4.69) is 27.2 Å². The predicted octanol–water partition coefficient (Wildman–Crippen LogP) is 1.65. The van der Waals surface area contributed by atoms with Gasteiger partial charge < -0.3 is 19.5 Å². The van der Waals surface area contributed by atoms with E-state index < -0.39 is 0 Å². The van der Waals surface area contributed by atoms with Gasteiger partial charge in [-0.15, -0.1) is 4.98 Å². The molecule has 1 atom stereocenters. The average Bonchev–Trinajstić information content (AvgIpc) is 2.51. The van der Waals surface area contributed by atoms with Crippen LogP contribution in [0.2, 0.25) is 0 Å². The van der Waals surface area contributed by atoms with Crippen LogP contribution in [0.3, 0.4) is 0 Å². The van der Waals surface area contributed by atoms with Crippen LogP contribution in [0.5, 0.6) is 12.0 Å². The molecule has 0 spiro atoms. The van der Waals surface area contributed by atoms with Crippen LogP contribution in [-0.2, 0) is 4.74 Å². The van der Waals surface area contributed by atoms with Crippen LogP contribution in [0, 0.1) is 0 Å². The van der Waals surface area contributed by atoms with E-state index in [0.717, 1.165) is 32.4 Å². The van der Waals surface area contributed by atoms with E-state index in [1.165, 1.54) is 13.5 Å². The number of hydrogen-bond acceptors (Lipinski definition) is 7. The number of aromatic nitrogens is 3. The van der Waals surface area contributed by atoms with Gasteiger partial charge in [-0.25, -0.2) is 0 Å². The standard InChI is InChI=1S/C13H22N4O3/c1-3-7-14-11-15-12(18-2)17-13(16-11)20-9-10-6-4-5-8-19-10/h10H,3-9H2,1-2H3,(H,14,15,16,17). The number of ether oxygens (including phenoxy) is 3. The smallest absolute Gasteiger partial charge is 0.324 e. The molecule has 20 heavy (non-hydrogen) atoms. The normalized spacial score (nSPS) is 18.6. The quantitative estimate of drug-likeness (QED) is 0.814. The van der Waals surface area contributed by atoms with Crippen LogP contribution in [0.15, 0.2) is 0 Å². The molecule has 112 valence electrons. The second-order valence-corrected chi connectivity index (χ2v) is 4.65. The Labute approximate surface area is 119 Å². The minimum atomic E-state index is 0.124. The molecular formula is C13H22N4O3. The first-order chi connectivity index (χ1) is 9.81. The molecule has 1 aliphatic rings. The Morgan fingerprint density at radius 2 is 2.10 bits per heavy atom. The molecular weight excluding hydrogens is 260 g/mol. The first kappa shape index (κ1) is 14.8. The van der Waals surface area contributed by atoms with Gasteiger partial charge in [-0.05, 0) is 25.7 Å². The van der Waals surface area contributed by atoms with Crippen molar-refractivity contribution in [3.63, 3.8) is 0 Å². The summed E-state index contributed by atoms with van der Waals surface area (Å²) in [6.07, 6.45) is 4.43. The van der Waals surface area contributed by atoms with Gasteiger partial charge in [-0.3, -0.25) is 0 Å². The summed E-state index contributed by atoms with van der Waals surface area (Å²) in [5.41, 5.74) is 0. The van der Waals surface area contributed by atoms with Crippen molar-refractivity contribution >= 4 is 5.95 Å². The molecule has 2 heterocycles. The van der Waals surface area contributed by atoms with E-state index >= 15 is 0 Å². The zero-order valence-electron chi connectivity index (χ0n) is 12.1. The lowest BCUT2D eigenvalue weighted by atomic mass is 10.1. The molecule has 0 amide bonds. The molecule has 0 aliphatic carbocycles. The summed E-state index contributed by atoms with van der Waals surface area (Å²) in [5.74, 6) is 0.471. The Kier molecular flexibility index (Phi) is 5.79. The maximum Gasteiger partial charge on any atom is 0.324 e. The summed E-state index contributed by atoms with van der Waals surface area (Å²) in [5, 5.41) is 3.09. The van der Waals surface area contributed by atoms with Crippen molar-refractivity contribution < 1.29 is 14.2 Å². The van der Waals surface area contributed by atoms with Crippen molar-refractivity contribution in [1.82, 2.24) is 15.0 Å². The van der Waals surface area contributed by atoms with Crippen LogP contribution >= 0.6 is 0 Å². The molecule has 1 fully saturated rings. The first-order valence-corrected chi connectivity index (χ1v) is 7.10. The maximum atomic E-state index is 5.61. The van der Waals surface area contributed by atoms with E-state index in [1.807, 2.05) is 0 Å². The first-order valence-electron chi connectivity index (χ1n) is 7.10. The Morgan fingerprint density at radius 1 is 1.25 bits per heavy atom. The second-order valence-electron chi connectivity index (χ2n) is 4.65. The van der Waals surface area contributed by atoms with E-state index in [4.69, 9.17) is 14.2 Å². The van der Waals surface area contributed by atoms with Gasteiger partial charge in [0.1, 0.15) is 6.61 Å². The van der Waals surface area contributed by atoms with E-state index in [1.54, 1.807) is 0 Å². The van der Waals surface area contributed by atoms with Crippen molar-refractivity contribution in [2.75, 3.05) is 32.2 Å². The van der Waals surface area contributed by atoms with Crippen LogP contribution in [0.1, 0.15) is 32.6 Å². The van der Waals surface area contributed by atoms with Crippen molar-refractivity contribution in [3.05, 3.63) is 0 Å². The van der Waals surface area contributed by atoms with E-state index in [0.29, 0.717) is 12.6 Å². The summed E-state index contributed by atoms with van der Waals surface area (Å²) in [6.45, 7) is 4.12. The maximum absolute atomic E-state index is 5.61. The molecule has 1 unspecified atom stereocenters. The van der Waals surface area contributed by atoms with Crippen LogP contribution < -0.4 is 14.8 Å². The zero-order chi connectivity index (χ0) is 14.2. The van der Waals surface area contributed by atoms with E-state index in [9.17, 15) is 0 Å². The molecule has 1 N–H and O–H groups in total. The summed E-state index contributed by atoms with van der Waals surface area (Å²) < 4.78 is 16.3. The van der Waals surface area contributed by atoms with Crippen molar-refractivity contribution in [1.29, 1.82) is 0 Å². The molecule has 1 aromatic rings. The summed E-state index contributed by atoms with van der Waals surface area (Å²) >= 11 is 0. The third-order valence-electron chi connectivity index (χ3n) is 2.98. The van der Waals surface area contributed by atoms with Crippen LogP contribution in [0.25, 0.3) is 0 Å². The Balaban J connectivity index is 1.94. The van der Waals surface area contributed by atoms with Gasteiger partial charge in [0, 0.05) is 13.2 Å². The number of rotatable bonds is 7. The number of anilines is 1. The molecule has 2 rings (SSSR count). The van der Waals surface area contributed by atoms with Gasteiger partial charge >= 0.3 is 12.0 Å². The highest BCUT2D eigenvalue weighted by Gasteiger charge is 2.16. The van der Waals surface area contributed by atoms with Gasteiger partial charge in [-0.2, -0.15) is 9.97 Å². The number of nitrogens with one attached hydrogen (secondary N) is 1. The van der Waals surface area contributed by atoms with Gasteiger partial charge in [0.2, 0.25) is 5.95 Å². The molecule has 0 saturated carbocycles. The highest BCUT2D eigenvalue weighted by atomic mass is 16.5. The number of nitrogens with zero attached hydrogens (tertiary/aromatic N) is 3. The molecule has 1 aromatic heterocycles. The van der Waals surface area contributed by atoms with Gasteiger partial charge in [0.25, 0.3) is 0 Å². The molecule has 7 nitrogen and oxygen atoms in total. The van der Waals surface area contributed by atoms with Crippen molar-refractivity contribution in [3.8, 4) is 12.0 Å². The molecule has 0 radical (unpaired) electrons. The lowest BCUT2D eigenvalue weighted by Crippen LogP contribution is -2.26. The summed E-state index contributed by atoms with van der Waals surface area (Å²) in [4.78, 5) is 12.4. The van der Waals surface area contributed by atoms with Gasteiger partial charge in [0.15, 0.2) is 0 Å². The zero-order valence-corrected chi connectivity index (χ0v) is 12.1.